The lowest BCUT2D eigenvalue weighted by atomic mass is 10.0. The van der Waals surface area contributed by atoms with Crippen molar-refractivity contribution < 1.29 is 5.11 Å². The molecule has 1 atom stereocenters. The number of β-amino-alcohol motifs (C(OH)–C–C–N with tert-alkyl or cyclic N) is 1. The number of hydrogen-bond acceptors (Lipinski definition) is 3. The molecule has 2 N–H and O–H groups in total. The van der Waals surface area contributed by atoms with Gasteiger partial charge in [0.25, 0.3) is 0 Å². The Morgan fingerprint density at radius 2 is 1.94 bits per heavy atom. The monoisotopic (exact) mass is 248 g/mol. The van der Waals surface area contributed by atoms with Gasteiger partial charge in [-0.05, 0) is 24.0 Å². The summed E-state index contributed by atoms with van der Waals surface area (Å²) in [7, 11) is 0. The van der Waals surface area contributed by atoms with Crippen LogP contribution in [0, 0.1) is 0 Å². The topological polar surface area (TPSA) is 35.5 Å². The highest BCUT2D eigenvalue weighted by Gasteiger charge is 2.19. The Morgan fingerprint density at radius 3 is 2.56 bits per heavy atom. The van der Waals surface area contributed by atoms with Crippen LogP contribution in [0.2, 0.25) is 0 Å². The predicted molar refractivity (Wildman–Crippen MR) is 76.3 cm³/mol. The van der Waals surface area contributed by atoms with E-state index in [0.717, 1.165) is 32.5 Å². The summed E-state index contributed by atoms with van der Waals surface area (Å²) in [6.07, 6.45) is 1.81. The lowest BCUT2D eigenvalue weighted by Gasteiger charge is -2.28. The number of benzene rings is 1. The number of aliphatic hydroxyl groups is 1. The highest BCUT2D eigenvalue weighted by Crippen LogP contribution is 2.27. The molecule has 0 saturated carbocycles. The van der Waals surface area contributed by atoms with Crippen molar-refractivity contribution in [2.75, 3.05) is 31.1 Å². The standard InChI is InChI=1S/C15H24N2O/c1-3-12-6-5-7-13(4-2)15(12)17-9-8-16-10-14(18)11-17/h5-7,14,16,18H,3-4,8-11H2,1-2H3. The fourth-order valence-electron chi connectivity index (χ4n) is 2.72. The molecule has 0 radical (unpaired) electrons. The number of aryl methyl sites for hydroxylation is 2. The maximum Gasteiger partial charge on any atom is 0.0839 e. The van der Waals surface area contributed by atoms with E-state index in [1.807, 2.05) is 0 Å². The van der Waals surface area contributed by atoms with E-state index in [4.69, 9.17) is 0 Å². The van der Waals surface area contributed by atoms with E-state index in [2.05, 4.69) is 42.3 Å². The van der Waals surface area contributed by atoms with Crippen LogP contribution in [-0.2, 0) is 12.8 Å². The molecule has 2 rings (SSSR count). The third kappa shape index (κ3) is 2.85. The zero-order chi connectivity index (χ0) is 13.0. The average molecular weight is 248 g/mol. The number of anilines is 1. The molecule has 1 aliphatic heterocycles. The molecule has 0 amide bonds. The van der Waals surface area contributed by atoms with Crippen molar-refractivity contribution >= 4 is 5.69 Å². The Labute approximate surface area is 110 Å². The summed E-state index contributed by atoms with van der Waals surface area (Å²) in [6, 6.07) is 6.56. The van der Waals surface area contributed by atoms with Gasteiger partial charge in [0.15, 0.2) is 0 Å². The molecular weight excluding hydrogens is 224 g/mol. The molecule has 0 spiro atoms. The van der Waals surface area contributed by atoms with Crippen LogP contribution in [0.15, 0.2) is 18.2 Å². The largest absolute Gasteiger partial charge is 0.390 e. The smallest absolute Gasteiger partial charge is 0.0839 e. The minimum atomic E-state index is -0.276. The second-order valence-electron chi connectivity index (χ2n) is 4.94. The first-order valence-corrected chi connectivity index (χ1v) is 7.00. The van der Waals surface area contributed by atoms with Crippen LogP contribution < -0.4 is 10.2 Å². The first kappa shape index (κ1) is 13.4. The third-order valence-electron chi connectivity index (χ3n) is 3.65. The summed E-state index contributed by atoms with van der Waals surface area (Å²) in [6.45, 7) is 7.75. The van der Waals surface area contributed by atoms with Gasteiger partial charge >= 0.3 is 0 Å². The maximum absolute atomic E-state index is 9.94. The van der Waals surface area contributed by atoms with Crippen molar-refractivity contribution in [3.8, 4) is 0 Å². The fourth-order valence-corrected chi connectivity index (χ4v) is 2.72. The van der Waals surface area contributed by atoms with Crippen molar-refractivity contribution in [1.82, 2.24) is 5.32 Å². The normalized spacial score (nSPS) is 20.8. The van der Waals surface area contributed by atoms with E-state index in [1.165, 1.54) is 16.8 Å². The SMILES string of the molecule is CCc1cccc(CC)c1N1CCNCC(O)C1. The van der Waals surface area contributed by atoms with Crippen molar-refractivity contribution in [3.63, 3.8) is 0 Å². The molecule has 0 aromatic heterocycles. The maximum atomic E-state index is 9.94. The van der Waals surface area contributed by atoms with Crippen LogP contribution >= 0.6 is 0 Å². The van der Waals surface area contributed by atoms with E-state index < -0.39 is 0 Å². The Bertz CT molecular complexity index is 370. The molecule has 1 aromatic carbocycles. The Hall–Kier alpha value is -1.06. The van der Waals surface area contributed by atoms with Gasteiger partial charge in [0.1, 0.15) is 0 Å². The second kappa shape index (κ2) is 6.21. The number of rotatable bonds is 3. The number of hydrogen-bond donors (Lipinski definition) is 2. The summed E-state index contributed by atoms with van der Waals surface area (Å²) in [5, 5.41) is 13.2. The Morgan fingerprint density at radius 1 is 1.28 bits per heavy atom. The zero-order valence-electron chi connectivity index (χ0n) is 11.4. The van der Waals surface area contributed by atoms with Gasteiger partial charge in [-0.1, -0.05) is 32.0 Å². The van der Waals surface area contributed by atoms with Crippen molar-refractivity contribution in [3.05, 3.63) is 29.3 Å². The number of para-hydroxylation sites is 1. The van der Waals surface area contributed by atoms with E-state index in [1.54, 1.807) is 0 Å². The molecule has 0 bridgehead atoms. The van der Waals surface area contributed by atoms with Crippen LogP contribution in [0.3, 0.4) is 0 Å². The van der Waals surface area contributed by atoms with Gasteiger partial charge in [0.05, 0.1) is 6.10 Å². The van der Waals surface area contributed by atoms with Crippen molar-refractivity contribution in [2.45, 2.75) is 32.8 Å². The highest BCUT2D eigenvalue weighted by molar-refractivity contribution is 5.60. The molecule has 1 fully saturated rings. The Balaban J connectivity index is 2.34. The molecule has 0 aliphatic carbocycles. The lowest BCUT2D eigenvalue weighted by molar-refractivity contribution is 0.184. The first-order chi connectivity index (χ1) is 8.76. The van der Waals surface area contributed by atoms with E-state index in [-0.39, 0.29) is 6.10 Å². The minimum Gasteiger partial charge on any atom is -0.390 e. The van der Waals surface area contributed by atoms with E-state index in [0.29, 0.717) is 6.54 Å². The molecule has 100 valence electrons. The van der Waals surface area contributed by atoms with Gasteiger partial charge in [-0.15, -0.1) is 0 Å². The molecule has 18 heavy (non-hydrogen) atoms. The summed E-state index contributed by atoms with van der Waals surface area (Å²) in [5.41, 5.74) is 4.14. The molecule has 3 heteroatoms. The van der Waals surface area contributed by atoms with E-state index in [9.17, 15) is 5.11 Å². The summed E-state index contributed by atoms with van der Waals surface area (Å²) in [4.78, 5) is 2.35. The van der Waals surface area contributed by atoms with Crippen molar-refractivity contribution in [2.24, 2.45) is 0 Å². The first-order valence-electron chi connectivity index (χ1n) is 7.00. The van der Waals surface area contributed by atoms with Crippen LogP contribution in [0.25, 0.3) is 0 Å². The zero-order valence-corrected chi connectivity index (χ0v) is 11.4. The van der Waals surface area contributed by atoms with Gasteiger partial charge < -0.3 is 15.3 Å². The number of aliphatic hydroxyl groups excluding tert-OH is 1. The van der Waals surface area contributed by atoms with Gasteiger partial charge in [-0.25, -0.2) is 0 Å². The lowest BCUT2D eigenvalue weighted by Crippen LogP contribution is -2.34. The third-order valence-corrected chi connectivity index (χ3v) is 3.65. The average Bonchev–Trinajstić information content (AvgIpc) is 2.62. The predicted octanol–water partition coefficient (Wildman–Crippen LogP) is 1.58. The van der Waals surface area contributed by atoms with Crippen LogP contribution in [0.4, 0.5) is 5.69 Å². The highest BCUT2D eigenvalue weighted by atomic mass is 16.3. The van der Waals surface area contributed by atoms with Crippen LogP contribution in [-0.4, -0.2) is 37.4 Å². The van der Waals surface area contributed by atoms with Crippen molar-refractivity contribution in [1.29, 1.82) is 0 Å². The van der Waals surface area contributed by atoms with Gasteiger partial charge in [0, 0.05) is 31.9 Å². The fraction of sp³-hybridized carbons (Fsp3) is 0.600. The molecule has 1 saturated heterocycles. The summed E-state index contributed by atoms with van der Waals surface area (Å²) >= 11 is 0. The number of nitrogens with zero attached hydrogens (tertiary/aromatic N) is 1. The van der Waals surface area contributed by atoms with Crippen LogP contribution in [0.5, 0.6) is 0 Å². The molecule has 3 nitrogen and oxygen atoms in total. The van der Waals surface area contributed by atoms with Gasteiger partial charge in [-0.2, -0.15) is 0 Å². The molecule has 1 aliphatic rings. The van der Waals surface area contributed by atoms with Crippen LogP contribution in [0.1, 0.15) is 25.0 Å². The van der Waals surface area contributed by atoms with E-state index >= 15 is 0 Å². The number of nitrogens with one attached hydrogen (secondary N) is 1. The van der Waals surface area contributed by atoms with Gasteiger partial charge in [-0.3, -0.25) is 0 Å². The van der Waals surface area contributed by atoms with Gasteiger partial charge in [0.2, 0.25) is 0 Å². The minimum absolute atomic E-state index is 0.276. The molecule has 1 unspecified atom stereocenters. The quantitative estimate of drug-likeness (QED) is 0.852. The second-order valence-corrected chi connectivity index (χ2v) is 4.94. The summed E-state index contributed by atoms with van der Waals surface area (Å²) < 4.78 is 0. The summed E-state index contributed by atoms with van der Waals surface area (Å²) in [5.74, 6) is 0. The Kier molecular flexibility index (Phi) is 4.61. The molecular formula is C15H24N2O. The molecule has 1 aromatic rings. The molecule has 1 heterocycles.